The molecule has 1 heteroatoms. The molecule has 0 spiro atoms. The minimum atomic E-state index is 1.24. The van der Waals surface area contributed by atoms with Crippen molar-refractivity contribution in [3.8, 4) is 0 Å². The van der Waals surface area contributed by atoms with E-state index in [1.807, 2.05) is 24.2 Å². The topological polar surface area (TPSA) is 3.24 Å². The number of hydrogen-bond donors (Lipinski definition) is 0. The van der Waals surface area contributed by atoms with Gasteiger partial charge in [0.1, 0.15) is 0 Å². The summed E-state index contributed by atoms with van der Waals surface area (Å²) >= 11 is 0. The molecule has 70 valence electrons. The molecular formula is C13H13N. The van der Waals surface area contributed by atoms with Crippen LogP contribution in [0.2, 0.25) is 0 Å². The number of hydrogen-bond acceptors (Lipinski definition) is 1. The summed E-state index contributed by atoms with van der Waals surface area (Å²) in [5.41, 5.74) is 2.50. The summed E-state index contributed by atoms with van der Waals surface area (Å²) in [6.45, 7) is 0. The fraction of sp³-hybridized carbons (Fsp3) is 0.0769. The molecule has 0 unspecified atom stereocenters. The lowest BCUT2D eigenvalue weighted by atomic mass is 10.1. The summed E-state index contributed by atoms with van der Waals surface area (Å²) in [6, 6.07) is 10.4. The molecule has 0 aromatic heterocycles. The second-order valence-corrected chi connectivity index (χ2v) is 3.31. The summed E-state index contributed by atoms with van der Waals surface area (Å²) in [4.78, 5) is 2.03. The van der Waals surface area contributed by atoms with Crippen molar-refractivity contribution >= 4 is 5.57 Å². The van der Waals surface area contributed by atoms with Crippen molar-refractivity contribution in [1.82, 2.24) is 4.90 Å². The minimum absolute atomic E-state index is 1.24. The van der Waals surface area contributed by atoms with Gasteiger partial charge in [0, 0.05) is 19.4 Å². The predicted octanol–water partition coefficient (Wildman–Crippen LogP) is 3.04. The average Bonchev–Trinajstić information content (AvgIpc) is 2.44. The molecule has 1 aliphatic heterocycles. The van der Waals surface area contributed by atoms with Crippen molar-refractivity contribution < 1.29 is 0 Å². The second-order valence-electron chi connectivity index (χ2n) is 3.31. The Labute approximate surface area is 84.7 Å². The number of nitrogens with zero attached hydrogens (tertiary/aromatic N) is 1. The zero-order valence-corrected chi connectivity index (χ0v) is 8.22. The summed E-state index contributed by atoms with van der Waals surface area (Å²) < 4.78 is 0. The van der Waals surface area contributed by atoms with Gasteiger partial charge in [-0.25, -0.2) is 0 Å². The van der Waals surface area contributed by atoms with E-state index in [9.17, 15) is 0 Å². The van der Waals surface area contributed by atoms with Crippen LogP contribution in [0.5, 0.6) is 0 Å². The first-order chi connectivity index (χ1) is 6.86. The van der Waals surface area contributed by atoms with Gasteiger partial charge in [0.25, 0.3) is 0 Å². The van der Waals surface area contributed by atoms with E-state index >= 15 is 0 Å². The fourth-order valence-corrected chi connectivity index (χ4v) is 1.41. The first-order valence-corrected chi connectivity index (χ1v) is 4.70. The Kier molecular flexibility index (Phi) is 2.50. The average molecular weight is 183 g/mol. The molecule has 0 atom stereocenters. The maximum Gasteiger partial charge on any atom is 0.0106 e. The van der Waals surface area contributed by atoms with E-state index in [1.54, 1.807) is 0 Å². The van der Waals surface area contributed by atoms with Crippen molar-refractivity contribution in [2.24, 2.45) is 0 Å². The number of allylic oxidation sites excluding steroid dienone is 4. The fourth-order valence-electron chi connectivity index (χ4n) is 1.41. The van der Waals surface area contributed by atoms with E-state index < -0.39 is 0 Å². The summed E-state index contributed by atoms with van der Waals surface area (Å²) in [7, 11) is 2.02. The van der Waals surface area contributed by atoms with Crippen LogP contribution in [-0.4, -0.2) is 11.9 Å². The van der Waals surface area contributed by atoms with Gasteiger partial charge < -0.3 is 4.90 Å². The Morgan fingerprint density at radius 3 is 2.57 bits per heavy atom. The van der Waals surface area contributed by atoms with Crippen LogP contribution < -0.4 is 0 Å². The predicted molar refractivity (Wildman–Crippen MR) is 60.5 cm³/mol. The number of benzene rings is 1. The van der Waals surface area contributed by atoms with Gasteiger partial charge in [-0.05, 0) is 23.3 Å². The third-order valence-corrected chi connectivity index (χ3v) is 2.19. The normalized spacial score (nSPS) is 15.2. The lowest BCUT2D eigenvalue weighted by Crippen LogP contribution is -1.97. The molecule has 0 aliphatic carbocycles. The van der Waals surface area contributed by atoms with Gasteiger partial charge in [0.2, 0.25) is 0 Å². The highest BCUT2D eigenvalue weighted by molar-refractivity contribution is 5.75. The Morgan fingerprint density at radius 1 is 1.00 bits per heavy atom. The summed E-state index contributed by atoms with van der Waals surface area (Å²) in [6.07, 6.45) is 10.4. The zero-order chi connectivity index (χ0) is 9.80. The highest BCUT2D eigenvalue weighted by Gasteiger charge is 1.97. The van der Waals surface area contributed by atoms with Crippen LogP contribution in [0.3, 0.4) is 0 Å². The van der Waals surface area contributed by atoms with Gasteiger partial charge in [0.05, 0.1) is 0 Å². The SMILES string of the molecule is CN1C=CC=C(c2ccccc2)C=C1. The third kappa shape index (κ3) is 1.94. The van der Waals surface area contributed by atoms with E-state index in [4.69, 9.17) is 0 Å². The van der Waals surface area contributed by atoms with Crippen molar-refractivity contribution in [2.45, 2.75) is 0 Å². The highest BCUT2D eigenvalue weighted by Crippen LogP contribution is 2.17. The molecule has 1 aromatic carbocycles. The van der Waals surface area contributed by atoms with E-state index in [-0.39, 0.29) is 0 Å². The van der Waals surface area contributed by atoms with E-state index in [1.165, 1.54) is 11.1 Å². The Balaban J connectivity index is 2.33. The van der Waals surface area contributed by atoms with Crippen molar-refractivity contribution in [3.05, 3.63) is 66.5 Å². The first-order valence-electron chi connectivity index (χ1n) is 4.70. The van der Waals surface area contributed by atoms with Gasteiger partial charge in [-0.2, -0.15) is 0 Å². The minimum Gasteiger partial charge on any atom is -0.357 e. The quantitative estimate of drug-likeness (QED) is 0.646. The molecule has 0 amide bonds. The van der Waals surface area contributed by atoms with E-state index in [0.717, 1.165) is 0 Å². The maximum atomic E-state index is 2.12. The second kappa shape index (κ2) is 3.97. The summed E-state index contributed by atoms with van der Waals surface area (Å²) in [5, 5.41) is 0. The largest absolute Gasteiger partial charge is 0.357 e. The van der Waals surface area contributed by atoms with Crippen LogP contribution in [0.1, 0.15) is 5.56 Å². The van der Waals surface area contributed by atoms with Crippen LogP contribution in [0.15, 0.2) is 61.0 Å². The molecule has 0 fully saturated rings. The van der Waals surface area contributed by atoms with Crippen LogP contribution in [0, 0.1) is 0 Å². The van der Waals surface area contributed by atoms with E-state index in [0.29, 0.717) is 0 Å². The molecule has 1 aliphatic rings. The molecule has 0 N–H and O–H groups in total. The van der Waals surface area contributed by atoms with Crippen LogP contribution in [0.25, 0.3) is 5.57 Å². The molecule has 1 aromatic rings. The highest BCUT2D eigenvalue weighted by atomic mass is 15.0. The molecular weight excluding hydrogens is 170 g/mol. The van der Waals surface area contributed by atoms with Gasteiger partial charge >= 0.3 is 0 Å². The Hall–Kier alpha value is -1.76. The van der Waals surface area contributed by atoms with Gasteiger partial charge in [-0.1, -0.05) is 36.4 Å². The van der Waals surface area contributed by atoms with Crippen LogP contribution >= 0.6 is 0 Å². The first kappa shape index (κ1) is 8.82. The van der Waals surface area contributed by atoms with Crippen molar-refractivity contribution in [3.63, 3.8) is 0 Å². The number of rotatable bonds is 1. The molecule has 0 saturated carbocycles. The lowest BCUT2D eigenvalue weighted by Gasteiger charge is -2.04. The molecule has 14 heavy (non-hydrogen) atoms. The van der Waals surface area contributed by atoms with Crippen molar-refractivity contribution in [2.75, 3.05) is 7.05 Å². The Morgan fingerprint density at radius 2 is 1.79 bits per heavy atom. The standard InChI is InChI=1S/C13H13N/c1-14-10-5-8-13(9-11-14)12-6-3-2-4-7-12/h2-11H,1H3. The lowest BCUT2D eigenvalue weighted by molar-refractivity contribution is 0.627. The maximum absolute atomic E-state index is 2.12. The van der Waals surface area contributed by atoms with Gasteiger partial charge in [0.15, 0.2) is 0 Å². The molecule has 0 bridgehead atoms. The molecule has 0 saturated heterocycles. The van der Waals surface area contributed by atoms with Crippen molar-refractivity contribution in [1.29, 1.82) is 0 Å². The molecule has 0 radical (unpaired) electrons. The van der Waals surface area contributed by atoms with Crippen LogP contribution in [-0.2, 0) is 0 Å². The van der Waals surface area contributed by atoms with E-state index in [2.05, 4.69) is 48.7 Å². The van der Waals surface area contributed by atoms with Gasteiger partial charge in [-0.3, -0.25) is 0 Å². The molecule has 2 rings (SSSR count). The monoisotopic (exact) mass is 183 g/mol. The molecule has 1 nitrogen and oxygen atoms in total. The van der Waals surface area contributed by atoms with Crippen LogP contribution in [0.4, 0.5) is 0 Å². The third-order valence-electron chi connectivity index (χ3n) is 2.19. The Bertz CT molecular complexity index is 385. The van der Waals surface area contributed by atoms with Gasteiger partial charge in [-0.15, -0.1) is 0 Å². The molecule has 1 heterocycles. The summed E-state index contributed by atoms with van der Waals surface area (Å²) in [5.74, 6) is 0. The smallest absolute Gasteiger partial charge is 0.0106 e. The zero-order valence-electron chi connectivity index (χ0n) is 8.22.